The number of carbonyl (C=O) groups is 1. The van der Waals surface area contributed by atoms with Crippen molar-refractivity contribution in [2.75, 3.05) is 11.9 Å². The number of para-hydroxylation sites is 1. The summed E-state index contributed by atoms with van der Waals surface area (Å²) in [5, 5.41) is 6.83. The largest absolute Gasteiger partial charge is 0.484 e. The van der Waals surface area contributed by atoms with Crippen LogP contribution >= 0.6 is 0 Å². The molecule has 6 nitrogen and oxygen atoms in total. The molecule has 28 heavy (non-hydrogen) atoms. The van der Waals surface area contributed by atoms with Gasteiger partial charge in [-0.1, -0.05) is 18.2 Å². The second-order valence-electron chi connectivity index (χ2n) is 6.92. The molecule has 1 unspecified atom stereocenters. The number of halogens is 1. The predicted molar refractivity (Wildman–Crippen MR) is 105 cm³/mol. The molecule has 1 aliphatic rings. The molecule has 1 saturated carbocycles. The highest BCUT2D eigenvalue weighted by Crippen LogP contribution is 2.26. The van der Waals surface area contributed by atoms with Gasteiger partial charge in [-0.15, -0.1) is 0 Å². The molecule has 7 heteroatoms. The van der Waals surface area contributed by atoms with E-state index in [-0.39, 0.29) is 24.4 Å². The SMILES string of the molecule is CC(Nc1ncnc2c(F)cccc12)c1ccc(OCC(=O)NC2CC2)cc1. The number of amides is 1. The Bertz CT molecular complexity index is 989. The molecule has 144 valence electrons. The first-order valence-corrected chi connectivity index (χ1v) is 9.28. The number of carbonyl (C=O) groups excluding carboxylic acids is 1. The molecule has 0 saturated heterocycles. The van der Waals surface area contributed by atoms with Gasteiger partial charge in [0, 0.05) is 17.5 Å². The van der Waals surface area contributed by atoms with E-state index in [0.717, 1.165) is 18.4 Å². The number of hydrogen-bond acceptors (Lipinski definition) is 5. The fourth-order valence-corrected chi connectivity index (χ4v) is 2.95. The Labute approximate surface area is 162 Å². The van der Waals surface area contributed by atoms with E-state index in [1.54, 1.807) is 12.1 Å². The zero-order valence-corrected chi connectivity index (χ0v) is 15.5. The van der Waals surface area contributed by atoms with Crippen molar-refractivity contribution in [3.8, 4) is 5.75 Å². The van der Waals surface area contributed by atoms with Crippen molar-refractivity contribution in [3.05, 3.63) is 60.2 Å². The number of hydrogen-bond donors (Lipinski definition) is 2. The Kier molecular flexibility index (Phi) is 5.06. The Morgan fingerprint density at radius 3 is 2.75 bits per heavy atom. The van der Waals surface area contributed by atoms with Gasteiger partial charge in [0.2, 0.25) is 0 Å². The minimum absolute atomic E-state index is 0.0160. The van der Waals surface area contributed by atoms with E-state index < -0.39 is 0 Å². The Hall–Kier alpha value is -3.22. The van der Waals surface area contributed by atoms with Crippen molar-refractivity contribution in [3.63, 3.8) is 0 Å². The van der Waals surface area contributed by atoms with E-state index in [1.165, 1.54) is 12.4 Å². The number of benzene rings is 2. The minimum atomic E-state index is -0.372. The minimum Gasteiger partial charge on any atom is -0.484 e. The number of aromatic nitrogens is 2. The first-order valence-electron chi connectivity index (χ1n) is 9.28. The molecule has 1 atom stereocenters. The van der Waals surface area contributed by atoms with E-state index in [2.05, 4.69) is 20.6 Å². The summed E-state index contributed by atoms with van der Waals surface area (Å²) in [7, 11) is 0. The van der Waals surface area contributed by atoms with Gasteiger partial charge in [-0.2, -0.15) is 0 Å². The van der Waals surface area contributed by atoms with E-state index in [9.17, 15) is 9.18 Å². The molecule has 1 aliphatic carbocycles. The van der Waals surface area contributed by atoms with Gasteiger partial charge >= 0.3 is 0 Å². The average Bonchev–Trinajstić information content (AvgIpc) is 3.51. The molecule has 0 bridgehead atoms. The molecule has 2 N–H and O–H groups in total. The zero-order chi connectivity index (χ0) is 19.5. The van der Waals surface area contributed by atoms with Crippen LogP contribution in [-0.2, 0) is 4.79 Å². The van der Waals surface area contributed by atoms with E-state index in [0.29, 0.717) is 28.5 Å². The lowest BCUT2D eigenvalue weighted by atomic mass is 10.1. The highest BCUT2D eigenvalue weighted by Gasteiger charge is 2.23. The first-order chi connectivity index (χ1) is 13.6. The number of fused-ring (bicyclic) bond motifs is 1. The summed E-state index contributed by atoms with van der Waals surface area (Å²) in [6, 6.07) is 12.6. The van der Waals surface area contributed by atoms with Gasteiger partial charge in [0.1, 0.15) is 29.2 Å². The summed E-state index contributed by atoms with van der Waals surface area (Å²) in [6.07, 6.45) is 3.46. The fraction of sp³-hybridized carbons (Fsp3) is 0.286. The lowest BCUT2D eigenvalue weighted by Crippen LogP contribution is -2.30. The molecule has 0 radical (unpaired) electrons. The quantitative estimate of drug-likeness (QED) is 0.655. The molecular formula is C21H21FN4O2. The molecule has 2 aromatic carbocycles. The standard InChI is InChI=1S/C21H21FN4O2/c1-13(25-21-17-3-2-4-18(22)20(17)23-12-24-21)14-5-9-16(10-6-14)28-11-19(27)26-15-7-8-15/h2-6,9-10,12-13,15H,7-8,11H2,1H3,(H,26,27)(H,23,24,25). The Morgan fingerprint density at radius 2 is 2.00 bits per heavy atom. The van der Waals surface area contributed by atoms with Crippen LogP contribution in [0.5, 0.6) is 5.75 Å². The van der Waals surface area contributed by atoms with Gasteiger partial charge < -0.3 is 15.4 Å². The highest BCUT2D eigenvalue weighted by atomic mass is 19.1. The first kappa shape index (κ1) is 18.2. The van der Waals surface area contributed by atoms with Crippen LogP contribution in [-0.4, -0.2) is 28.5 Å². The summed E-state index contributed by atoms with van der Waals surface area (Å²) in [5.41, 5.74) is 1.30. The van der Waals surface area contributed by atoms with Gasteiger partial charge in [-0.3, -0.25) is 4.79 Å². The summed E-state index contributed by atoms with van der Waals surface area (Å²) in [5.74, 6) is 0.748. The van der Waals surface area contributed by atoms with Crippen LogP contribution in [0.3, 0.4) is 0 Å². The van der Waals surface area contributed by atoms with Crippen LogP contribution < -0.4 is 15.4 Å². The van der Waals surface area contributed by atoms with Crippen molar-refractivity contribution >= 4 is 22.6 Å². The van der Waals surface area contributed by atoms with Gasteiger partial charge in [0.25, 0.3) is 5.91 Å². The van der Waals surface area contributed by atoms with Crippen molar-refractivity contribution in [2.24, 2.45) is 0 Å². The fourth-order valence-electron chi connectivity index (χ4n) is 2.95. The van der Waals surface area contributed by atoms with Crippen molar-refractivity contribution in [1.82, 2.24) is 15.3 Å². The number of rotatable bonds is 7. The molecule has 0 aliphatic heterocycles. The zero-order valence-electron chi connectivity index (χ0n) is 15.5. The Balaban J connectivity index is 1.40. The normalized spacial score (nSPS) is 14.5. The monoisotopic (exact) mass is 380 g/mol. The molecule has 1 fully saturated rings. The maximum atomic E-state index is 13.9. The number of nitrogens with one attached hydrogen (secondary N) is 2. The molecule has 1 amide bonds. The summed E-state index contributed by atoms with van der Waals surface area (Å²) < 4.78 is 19.4. The number of ether oxygens (including phenoxy) is 1. The molecule has 3 aromatic rings. The van der Waals surface area contributed by atoms with Crippen LogP contribution in [0.25, 0.3) is 10.9 Å². The van der Waals surface area contributed by atoms with Crippen LogP contribution in [0.2, 0.25) is 0 Å². The lowest BCUT2D eigenvalue weighted by molar-refractivity contribution is -0.123. The van der Waals surface area contributed by atoms with Crippen molar-refractivity contribution in [2.45, 2.75) is 31.8 Å². The van der Waals surface area contributed by atoms with Crippen molar-refractivity contribution in [1.29, 1.82) is 0 Å². The molecule has 0 spiro atoms. The van der Waals surface area contributed by atoms with E-state index in [1.807, 2.05) is 31.2 Å². The lowest BCUT2D eigenvalue weighted by Gasteiger charge is -2.17. The molecule has 1 aromatic heterocycles. The predicted octanol–water partition coefficient (Wildman–Crippen LogP) is 3.60. The van der Waals surface area contributed by atoms with Crippen LogP contribution in [0.15, 0.2) is 48.8 Å². The third-order valence-electron chi connectivity index (χ3n) is 4.66. The molecular weight excluding hydrogens is 359 g/mol. The highest BCUT2D eigenvalue weighted by molar-refractivity contribution is 5.89. The number of nitrogens with zero attached hydrogens (tertiary/aromatic N) is 2. The third-order valence-corrected chi connectivity index (χ3v) is 4.66. The average molecular weight is 380 g/mol. The van der Waals surface area contributed by atoms with Crippen LogP contribution in [0.1, 0.15) is 31.4 Å². The maximum Gasteiger partial charge on any atom is 0.258 e. The second kappa shape index (κ2) is 7.80. The summed E-state index contributed by atoms with van der Waals surface area (Å²) in [4.78, 5) is 20.0. The van der Waals surface area contributed by atoms with Crippen LogP contribution in [0.4, 0.5) is 10.2 Å². The van der Waals surface area contributed by atoms with Crippen molar-refractivity contribution < 1.29 is 13.9 Å². The van der Waals surface area contributed by atoms with Crippen LogP contribution in [0, 0.1) is 5.82 Å². The molecule has 1 heterocycles. The van der Waals surface area contributed by atoms with E-state index in [4.69, 9.17) is 4.74 Å². The van der Waals surface area contributed by atoms with Gasteiger partial charge in [-0.25, -0.2) is 14.4 Å². The maximum absolute atomic E-state index is 13.9. The molecule has 4 rings (SSSR count). The summed E-state index contributed by atoms with van der Waals surface area (Å²) in [6.45, 7) is 2.01. The third kappa shape index (κ3) is 4.19. The summed E-state index contributed by atoms with van der Waals surface area (Å²) >= 11 is 0. The van der Waals surface area contributed by atoms with Gasteiger partial charge in [-0.05, 0) is 49.6 Å². The topological polar surface area (TPSA) is 76.1 Å². The van der Waals surface area contributed by atoms with E-state index >= 15 is 0 Å². The van der Waals surface area contributed by atoms with Gasteiger partial charge in [0.15, 0.2) is 6.61 Å². The number of anilines is 1. The smallest absolute Gasteiger partial charge is 0.258 e. The second-order valence-corrected chi connectivity index (χ2v) is 6.92. The van der Waals surface area contributed by atoms with Gasteiger partial charge in [0.05, 0.1) is 0 Å². The Morgan fingerprint density at radius 1 is 1.21 bits per heavy atom.